The number of carbonyl (C=O) groups excluding carboxylic acids is 1. The van der Waals surface area contributed by atoms with Crippen LogP contribution in [0.2, 0.25) is 0 Å². The molecule has 1 heterocycles. The number of carbonyl (C=O) groups is 2. The summed E-state index contributed by atoms with van der Waals surface area (Å²) in [7, 11) is 1.38. The van der Waals surface area contributed by atoms with Crippen LogP contribution in [0.15, 0.2) is 34.9 Å². The van der Waals surface area contributed by atoms with Crippen molar-refractivity contribution in [3.63, 3.8) is 0 Å². The SMILES string of the molecule is COCC(=O)Nc1cn(-c2cccc(Br)c2)nc1C(=O)O. The maximum Gasteiger partial charge on any atom is 0.358 e. The summed E-state index contributed by atoms with van der Waals surface area (Å²) in [5, 5.41) is 15.6. The summed E-state index contributed by atoms with van der Waals surface area (Å²) in [5.74, 6) is -1.68. The van der Waals surface area contributed by atoms with Crippen LogP contribution in [0.25, 0.3) is 5.69 Å². The maximum absolute atomic E-state index is 11.5. The zero-order chi connectivity index (χ0) is 15.4. The number of benzene rings is 1. The molecule has 0 saturated heterocycles. The van der Waals surface area contributed by atoms with E-state index in [9.17, 15) is 9.59 Å². The smallest absolute Gasteiger partial charge is 0.358 e. The fraction of sp³-hybridized carbons (Fsp3) is 0.154. The lowest BCUT2D eigenvalue weighted by atomic mass is 10.3. The topological polar surface area (TPSA) is 93.5 Å². The normalized spacial score (nSPS) is 10.4. The maximum atomic E-state index is 11.5. The highest BCUT2D eigenvalue weighted by atomic mass is 79.9. The van der Waals surface area contributed by atoms with Crippen LogP contribution in [0.4, 0.5) is 5.69 Å². The number of aromatic nitrogens is 2. The lowest BCUT2D eigenvalue weighted by molar-refractivity contribution is -0.119. The minimum atomic E-state index is -1.23. The van der Waals surface area contributed by atoms with Gasteiger partial charge in [-0.2, -0.15) is 5.10 Å². The largest absolute Gasteiger partial charge is 0.476 e. The number of nitrogens with zero attached hydrogens (tertiary/aromatic N) is 2. The Balaban J connectivity index is 2.37. The van der Waals surface area contributed by atoms with E-state index in [1.165, 1.54) is 18.0 Å². The van der Waals surface area contributed by atoms with Crippen molar-refractivity contribution in [3.8, 4) is 5.69 Å². The van der Waals surface area contributed by atoms with Gasteiger partial charge < -0.3 is 15.2 Å². The molecule has 2 N–H and O–H groups in total. The average Bonchev–Trinajstić information content (AvgIpc) is 2.83. The number of nitrogens with one attached hydrogen (secondary N) is 1. The van der Waals surface area contributed by atoms with Crippen molar-refractivity contribution in [1.29, 1.82) is 0 Å². The number of carboxylic acids is 1. The van der Waals surface area contributed by atoms with Gasteiger partial charge in [-0.1, -0.05) is 22.0 Å². The zero-order valence-corrected chi connectivity index (χ0v) is 12.6. The summed E-state index contributed by atoms with van der Waals surface area (Å²) in [6, 6.07) is 7.18. The Bertz CT molecular complexity index is 684. The van der Waals surface area contributed by atoms with Gasteiger partial charge in [0.25, 0.3) is 0 Å². The molecule has 1 amide bonds. The molecular formula is C13H12BrN3O4. The van der Waals surface area contributed by atoms with Gasteiger partial charge in [0.2, 0.25) is 5.91 Å². The average molecular weight is 354 g/mol. The fourth-order valence-corrected chi connectivity index (χ4v) is 2.08. The molecule has 0 saturated carbocycles. The van der Waals surface area contributed by atoms with Crippen LogP contribution in [-0.2, 0) is 9.53 Å². The van der Waals surface area contributed by atoms with Crippen molar-refractivity contribution in [1.82, 2.24) is 9.78 Å². The number of anilines is 1. The number of halogens is 1. The second kappa shape index (κ2) is 6.51. The van der Waals surface area contributed by atoms with E-state index >= 15 is 0 Å². The van der Waals surface area contributed by atoms with Crippen molar-refractivity contribution in [2.75, 3.05) is 19.0 Å². The van der Waals surface area contributed by atoms with Gasteiger partial charge in [0.15, 0.2) is 5.69 Å². The number of hydrogen-bond acceptors (Lipinski definition) is 4. The van der Waals surface area contributed by atoms with Crippen molar-refractivity contribution in [2.45, 2.75) is 0 Å². The summed E-state index contributed by atoms with van der Waals surface area (Å²) < 4.78 is 6.91. The molecule has 8 heteroatoms. The standard InChI is InChI=1S/C13H12BrN3O4/c1-21-7-11(18)15-10-6-17(16-12(10)13(19)20)9-4-2-3-8(14)5-9/h2-6H,7H2,1H3,(H,15,18)(H,19,20). The third kappa shape index (κ3) is 3.67. The molecule has 0 bridgehead atoms. The molecule has 2 aromatic rings. The van der Waals surface area contributed by atoms with Crippen LogP contribution in [0, 0.1) is 0 Å². The molecule has 0 radical (unpaired) electrons. The molecule has 1 aromatic heterocycles. The minimum absolute atomic E-state index is 0.115. The number of amides is 1. The second-order valence-electron chi connectivity index (χ2n) is 4.10. The van der Waals surface area contributed by atoms with Gasteiger partial charge in [0.05, 0.1) is 17.6 Å². The Morgan fingerprint density at radius 3 is 2.86 bits per heavy atom. The number of hydrogen-bond donors (Lipinski definition) is 2. The van der Waals surface area contributed by atoms with E-state index in [4.69, 9.17) is 9.84 Å². The Kier molecular flexibility index (Phi) is 4.71. The van der Waals surface area contributed by atoms with Gasteiger partial charge in [-0.25, -0.2) is 9.48 Å². The van der Waals surface area contributed by atoms with Crippen LogP contribution in [-0.4, -0.2) is 40.5 Å². The summed E-state index contributed by atoms with van der Waals surface area (Å²) in [6.07, 6.45) is 1.44. The molecule has 0 atom stereocenters. The first kappa shape index (κ1) is 15.2. The number of rotatable bonds is 5. The monoisotopic (exact) mass is 353 g/mol. The van der Waals surface area contributed by atoms with E-state index < -0.39 is 11.9 Å². The van der Waals surface area contributed by atoms with E-state index in [0.29, 0.717) is 5.69 Å². The Hall–Kier alpha value is -2.19. The highest BCUT2D eigenvalue weighted by Gasteiger charge is 2.18. The third-order valence-electron chi connectivity index (χ3n) is 2.54. The van der Waals surface area contributed by atoms with E-state index in [1.54, 1.807) is 18.2 Å². The van der Waals surface area contributed by atoms with Gasteiger partial charge in [-0.3, -0.25) is 4.79 Å². The molecule has 110 valence electrons. The number of carboxylic acid groups (broad SMARTS) is 1. The van der Waals surface area contributed by atoms with Gasteiger partial charge in [-0.15, -0.1) is 0 Å². The first-order valence-electron chi connectivity index (χ1n) is 5.89. The molecule has 2 rings (SSSR count). The molecule has 0 aliphatic heterocycles. The minimum Gasteiger partial charge on any atom is -0.476 e. The van der Waals surface area contributed by atoms with Crippen LogP contribution in [0.3, 0.4) is 0 Å². The number of aromatic carboxylic acids is 1. The van der Waals surface area contributed by atoms with E-state index in [2.05, 4.69) is 26.3 Å². The van der Waals surface area contributed by atoms with Crippen molar-refractivity contribution in [2.24, 2.45) is 0 Å². The molecule has 0 aliphatic carbocycles. The van der Waals surface area contributed by atoms with Gasteiger partial charge in [-0.05, 0) is 18.2 Å². The van der Waals surface area contributed by atoms with Crippen molar-refractivity contribution < 1.29 is 19.4 Å². The predicted molar refractivity (Wildman–Crippen MR) is 78.7 cm³/mol. The molecule has 0 unspecified atom stereocenters. The summed E-state index contributed by atoms with van der Waals surface area (Å²) in [6.45, 7) is -0.166. The van der Waals surface area contributed by atoms with Crippen molar-refractivity contribution in [3.05, 3.63) is 40.6 Å². The van der Waals surface area contributed by atoms with E-state index in [0.717, 1.165) is 4.47 Å². The van der Waals surface area contributed by atoms with Crippen LogP contribution >= 0.6 is 15.9 Å². The number of ether oxygens (including phenoxy) is 1. The van der Waals surface area contributed by atoms with Crippen LogP contribution in [0.5, 0.6) is 0 Å². The third-order valence-corrected chi connectivity index (χ3v) is 3.03. The molecule has 1 aromatic carbocycles. The highest BCUT2D eigenvalue weighted by Crippen LogP contribution is 2.20. The van der Waals surface area contributed by atoms with Crippen molar-refractivity contribution >= 4 is 33.5 Å². The van der Waals surface area contributed by atoms with E-state index in [1.807, 2.05) is 6.07 Å². The lowest BCUT2D eigenvalue weighted by Crippen LogP contribution is -2.18. The quantitative estimate of drug-likeness (QED) is 0.856. The molecule has 0 fully saturated rings. The molecular weight excluding hydrogens is 342 g/mol. The summed E-state index contributed by atoms with van der Waals surface area (Å²) >= 11 is 3.33. The molecule has 0 spiro atoms. The van der Waals surface area contributed by atoms with Gasteiger partial charge in [0, 0.05) is 11.6 Å². The lowest BCUT2D eigenvalue weighted by Gasteiger charge is -2.02. The first-order valence-corrected chi connectivity index (χ1v) is 6.68. The Labute approximate surface area is 128 Å². The predicted octanol–water partition coefficient (Wildman–Crippen LogP) is 1.92. The van der Waals surface area contributed by atoms with Gasteiger partial charge in [0.1, 0.15) is 6.61 Å². The highest BCUT2D eigenvalue weighted by molar-refractivity contribution is 9.10. The Morgan fingerprint density at radius 2 is 2.24 bits per heavy atom. The number of methoxy groups -OCH3 is 1. The summed E-state index contributed by atoms with van der Waals surface area (Å²) in [5.41, 5.74) is 0.545. The fourth-order valence-electron chi connectivity index (χ4n) is 1.69. The molecule has 0 aliphatic rings. The van der Waals surface area contributed by atoms with Gasteiger partial charge >= 0.3 is 5.97 Å². The zero-order valence-electron chi connectivity index (χ0n) is 11.0. The summed E-state index contributed by atoms with van der Waals surface area (Å²) in [4.78, 5) is 22.7. The first-order chi connectivity index (χ1) is 10.0. The van der Waals surface area contributed by atoms with Crippen LogP contribution in [0.1, 0.15) is 10.5 Å². The second-order valence-corrected chi connectivity index (χ2v) is 5.02. The van der Waals surface area contributed by atoms with Crippen LogP contribution < -0.4 is 5.32 Å². The van der Waals surface area contributed by atoms with E-state index in [-0.39, 0.29) is 18.0 Å². The Morgan fingerprint density at radius 1 is 1.48 bits per heavy atom. The molecule has 7 nitrogen and oxygen atoms in total. The molecule has 21 heavy (non-hydrogen) atoms.